The van der Waals surface area contributed by atoms with Gasteiger partial charge in [-0.15, -0.1) is 0 Å². The van der Waals surface area contributed by atoms with E-state index in [1.165, 1.54) is 6.07 Å². The van der Waals surface area contributed by atoms with Gasteiger partial charge in [-0.25, -0.2) is 4.39 Å². The summed E-state index contributed by atoms with van der Waals surface area (Å²) in [4.78, 5) is 0. The van der Waals surface area contributed by atoms with Gasteiger partial charge in [0.25, 0.3) is 0 Å². The van der Waals surface area contributed by atoms with Crippen molar-refractivity contribution in [1.29, 1.82) is 0 Å². The summed E-state index contributed by atoms with van der Waals surface area (Å²) < 4.78 is 18.8. The molecule has 0 spiro atoms. The molecule has 2 nitrogen and oxygen atoms in total. The molecule has 0 saturated carbocycles. The number of hydrogen-bond acceptors (Lipinski definition) is 2. The zero-order valence-electron chi connectivity index (χ0n) is 10.9. The highest BCUT2D eigenvalue weighted by Gasteiger charge is 2.21. The third-order valence-electron chi connectivity index (χ3n) is 2.88. The molecule has 0 aliphatic rings. The Morgan fingerprint density at radius 2 is 2.12 bits per heavy atom. The first-order valence-electron chi connectivity index (χ1n) is 6.24. The second-order valence-electron chi connectivity index (χ2n) is 4.15. The van der Waals surface area contributed by atoms with Crippen molar-refractivity contribution in [2.75, 3.05) is 13.7 Å². The Labute approximate surface area is 103 Å². The lowest BCUT2D eigenvalue weighted by Crippen LogP contribution is -2.33. The summed E-state index contributed by atoms with van der Waals surface area (Å²) in [6, 6.07) is 6.79. The van der Waals surface area contributed by atoms with Crippen molar-refractivity contribution in [2.45, 2.75) is 38.8 Å². The molecule has 96 valence electrons. The summed E-state index contributed by atoms with van der Waals surface area (Å²) in [5.74, 6) is -0.197. The third kappa shape index (κ3) is 4.10. The lowest BCUT2D eigenvalue weighted by atomic mass is 9.98. The SMILES string of the molecule is CCCC(OC)C(NCC)c1cccc(F)c1. The molecule has 1 N–H and O–H groups in total. The average Bonchev–Trinajstić information content (AvgIpc) is 2.33. The Hall–Kier alpha value is -0.930. The number of methoxy groups -OCH3 is 1. The Morgan fingerprint density at radius 1 is 1.35 bits per heavy atom. The fraction of sp³-hybridized carbons (Fsp3) is 0.571. The van der Waals surface area contributed by atoms with Crippen molar-refractivity contribution in [1.82, 2.24) is 5.32 Å². The molecular formula is C14H22FNO. The normalized spacial score (nSPS) is 14.6. The highest BCUT2D eigenvalue weighted by Crippen LogP contribution is 2.22. The topological polar surface area (TPSA) is 21.3 Å². The van der Waals surface area contributed by atoms with Gasteiger partial charge in [0.1, 0.15) is 5.82 Å². The molecule has 0 amide bonds. The highest BCUT2D eigenvalue weighted by atomic mass is 19.1. The second-order valence-corrected chi connectivity index (χ2v) is 4.15. The molecule has 0 aliphatic heterocycles. The van der Waals surface area contributed by atoms with E-state index >= 15 is 0 Å². The van der Waals surface area contributed by atoms with Gasteiger partial charge < -0.3 is 10.1 Å². The van der Waals surface area contributed by atoms with Gasteiger partial charge in [-0.3, -0.25) is 0 Å². The molecule has 0 saturated heterocycles. The zero-order chi connectivity index (χ0) is 12.7. The third-order valence-corrected chi connectivity index (χ3v) is 2.88. The van der Waals surface area contributed by atoms with Crippen LogP contribution in [-0.2, 0) is 4.74 Å². The number of nitrogens with one attached hydrogen (secondary N) is 1. The largest absolute Gasteiger partial charge is 0.379 e. The minimum atomic E-state index is -0.197. The van der Waals surface area contributed by atoms with Crippen LogP contribution in [0, 0.1) is 5.82 Å². The van der Waals surface area contributed by atoms with Crippen LogP contribution in [-0.4, -0.2) is 19.8 Å². The molecule has 0 radical (unpaired) electrons. The van der Waals surface area contributed by atoms with Crippen LogP contribution >= 0.6 is 0 Å². The molecular weight excluding hydrogens is 217 g/mol. The molecule has 0 fully saturated rings. The second kappa shape index (κ2) is 7.41. The maximum Gasteiger partial charge on any atom is 0.123 e. The first-order valence-corrected chi connectivity index (χ1v) is 6.24. The summed E-state index contributed by atoms with van der Waals surface area (Å²) in [7, 11) is 1.71. The maximum atomic E-state index is 13.3. The van der Waals surface area contributed by atoms with Gasteiger partial charge in [-0.1, -0.05) is 32.4 Å². The number of benzene rings is 1. The summed E-state index contributed by atoms with van der Waals surface area (Å²) in [6.45, 7) is 5.01. The van der Waals surface area contributed by atoms with E-state index < -0.39 is 0 Å². The Balaban J connectivity index is 2.90. The first-order chi connectivity index (χ1) is 8.22. The van der Waals surface area contributed by atoms with Gasteiger partial charge in [0, 0.05) is 7.11 Å². The molecule has 2 unspecified atom stereocenters. The fourth-order valence-corrected chi connectivity index (χ4v) is 2.09. The Kier molecular flexibility index (Phi) is 6.16. The predicted molar refractivity (Wildman–Crippen MR) is 68.5 cm³/mol. The standard InChI is InChI=1S/C14H22FNO/c1-4-7-13(17-3)14(16-5-2)11-8-6-9-12(15)10-11/h6,8-10,13-14,16H,4-5,7H2,1-3H3. The van der Waals surface area contributed by atoms with E-state index in [1.807, 2.05) is 13.0 Å². The van der Waals surface area contributed by atoms with Crippen molar-refractivity contribution in [3.63, 3.8) is 0 Å². The van der Waals surface area contributed by atoms with E-state index in [-0.39, 0.29) is 18.0 Å². The van der Waals surface area contributed by atoms with Gasteiger partial charge in [0.2, 0.25) is 0 Å². The Bertz CT molecular complexity index is 330. The Morgan fingerprint density at radius 3 is 2.65 bits per heavy atom. The van der Waals surface area contributed by atoms with Crippen molar-refractivity contribution in [3.05, 3.63) is 35.6 Å². The van der Waals surface area contributed by atoms with Crippen LogP contribution < -0.4 is 5.32 Å². The summed E-state index contributed by atoms with van der Waals surface area (Å²) >= 11 is 0. The van der Waals surface area contributed by atoms with E-state index in [0.29, 0.717) is 0 Å². The maximum absolute atomic E-state index is 13.3. The van der Waals surface area contributed by atoms with Crippen LogP contribution in [0.25, 0.3) is 0 Å². The monoisotopic (exact) mass is 239 g/mol. The smallest absolute Gasteiger partial charge is 0.123 e. The van der Waals surface area contributed by atoms with E-state index in [2.05, 4.69) is 12.2 Å². The number of rotatable bonds is 7. The van der Waals surface area contributed by atoms with Gasteiger partial charge in [-0.2, -0.15) is 0 Å². The highest BCUT2D eigenvalue weighted by molar-refractivity contribution is 5.21. The van der Waals surface area contributed by atoms with Gasteiger partial charge in [0.05, 0.1) is 12.1 Å². The average molecular weight is 239 g/mol. The minimum Gasteiger partial charge on any atom is -0.379 e. The van der Waals surface area contributed by atoms with E-state index in [4.69, 9.17) is 4.74 Å². The van der Waals surface area contributed by atoms with Crippen LogP contribution in [0.2, 0.25) is 0 Å². The summed E-state index contributed by atoms with van der Waals surface area (Å²) in [6.07, 6.45) is 2.10. The van der Waals surface area contributed by atoms with Gasteiger partial charge in [0.15, 0.2) is 0 Å². The van der Waals surface area contributed by atoms with Crippen LogP contribution in [0.15, 0.2) is 24.3 Å². The molecule has 1 aromatic rings. The number of hydrogen-bond donors (Lipinski definition) is 1. The predicted octanol–water partition coefficient (Wildman–Crippen LogP) is 3.29. The number of likely N-dealkylation sites (N-methyl/N-ethyl adjacent to an activating group) is 1. The lowest BCUT2D eigenvalue weighted by molar-refractivity contribution is 0.0610. The summed E-state index contributed by atoms with van der Waals surface area (Å²) in [5, 5.41) is 3.37. The number of halogens is 1. The molecule has 0 aromatic heterocycles. The van der Waals surface area contributed by atoms with Crippen LogP contribution in [0.1, 0.15) is 38.3 Å². The first kappa shape index (κ1) is 14.1. The van der Waals surface area contributed by atoms with E-state index in [0.717, 1.165) is 24.9 Å². The zero-order valence-corrected chi connectivity index (χ0v) is 10.9. The molecule has 0 aliphatic carbocycles. The number of ether oxygens (including phenoxy) is 1. The minimum absolute atomic E-state index is 0.0562. The van der Waals surface area contributed by atoms with Crippen LogP contribution in [0.5, 0.6) is 0 Å². The molecule has 2 atom stereocenters. The molecule has 1 rings (SSSR count). The van der Waals surface area contributed by atoms with Crippen molar-refractivity contribution >= 4 is 0 Å². The van der Waals surface area contributed by atoms with E-state index in [1.54, 1.807) is 19.2 Å². The molecule has 1 aromatic carbocycles. The molecule has 3 heteroatoms. The van der Waals surface area contributed by atoms with Gasteiger partial charge in [-0.05, 0) is 30.7 Å². The fourth-order valence-electron chi connectivity index (χ4n) is 2.09. The van der Waals surface area contributed by atoms with Crippen LogP contribution in [0.4, 0.5) is 4.39 Å². The van der Waals surface area contributed by atoms with Crippen molar-refractivity contribution in [2.24, 2.45) is 0 Å². The molecule has 17 heavy (non-hydrogen) atoms. The lowest BCUT2D eigenvalue weighted by Gasteiger charge is -2.27. The molecule has 0 heterocycles. The van der Waals surface area contributed by atoms with Crippen LogP contribution in [0.3, 0.4) is 0 Å². The van der Waals surface area contributed by atoms with Crippen molar-refractivity contribution in [3.8, 4) is 0 Å². The van der Waals surface area contributed by atoms with Crippen molar-refractivity contribution < 1.29 is 9.13 Å². The quantitative estimate of drug-likeness (QED) is 0.788. The summed E-state index contributed by atoms with van der Waals surface area (Å²) in [5.41, 5.74) is 0.951. The van der Waals surface area contributed by atoms with E-state index in [9.17, 15) is 4.39 Å². The molecule has 0 bridgehead atoms. The van der Waals surface area contributed by atoms with Gasteiger partial charge >= 0.3 is 0 Å².